The summed E-state index contributed by atoms with van der Waals surface area (Å²) in [6.45, 7) is 2.32. The van der Waals surface area contributed by atoms with Crippen LogP contribution in [-0.4, -0.2) is 9.13 Å². The van der Waals surface area contributed by atoms with Gasteiger partial charge in [-0.1, -0.05) is 85.8 Å². The smallest absolute Gasteiger partial charge is 0.0991 e. The van der Waals surface area contributed by atoms with Crippen LogP contribution in [-0.2, 0) is 0 Å². The van der Waals surface area contributed by atoms with Crippen LogP contribution in [0.15, 0.2) is 212 Å². The topological polar surface area (TPSA) is 63.9 Å². The van der Waals surface area contributed by atoms with Crippen molar-refractivity contribution in [2.75, 3.05) is 9.80 Å². The fourth-order valence-electron chi connectivity index (χ4n) is 10.6. The lowest BCUT2D eigenvalue weighted by molar-refractivity contribution is 0.773. The number of hydrogen-bond donors (Lipinski definition) is 0. The Balaban J connectivity index is 0.915. The van der Waals surface area contributed by atoms with Gasteiger partial charge in [0.05, 0.1) is 39.8 Å². The maximum Gasteiger partial charge on any atom is 0.0991 e. The fourth-order valence-corrected chi connectivity index (χ4v) is 10.6. The van der Waals surface area contributed by atoms with Crippen molar-refractivity contribution in [1.29, 1.82) is 10.5 Å². The average Bonchev–Trinajstić information content (AvgIpc) is 3.93. The SMILES string of the molecule is CC1CC=Cc2c1c1cc(N(c3ccc(C#N)cc3)c3ccc(-c4ccc(N(c5ccc(C#N)cc5)c5ccc6c(c5)c5ccccc5n6C5=CC=CCC5)cc4)cc3)ccc1n2-c1ccccc1. The molecule has 328 valence electrons. The van der Waals surface area contributed by atoms with Crippen LogP contribution in [0.25, 0.3) is 61.3 Å². The minimum Gasteiger partial charge on any atom is -0.313 e. The van der Waals surface area contributed by atoms with Crippen molar-refractivity contribution < 1.29 is 0 Å². The van der Waals surface area contributed by atoms with E-state index >= 15 is 0 Å². The lowest BCUT2D eigenvalue weighted by Crippen LogP contribution is -2.10. The van der Waals surface area contributed by atoms with E-state index in [4.69, 9.17) is 0 Å². The van der Waals surface area contributed by atoms with Crippen LogP contribution in [0.5, 0.6) is 0 Å². The van der Waals surface area contributed by atoms with Crippen LogP contribution in [0.3, 0.4) is 0 Å². The lowest BCUT2D eigenvalue weighted by Gasteiger charge is -2.26. The van der Waals surface area contributed by atoms with Crippen molar-refractivity contribution >= 4 is 78.6 Å². The van der Waals surface area contributed by atoms with Crippen LogP contribution < -0.4 is 9.80 Å². The lowest BCUT2D eigenvalue weighted by atomic mass is 9.90. The van der Waals surface area contributed by atoms with Crippen LogP contribution >= 0.6 is 0 Å². The van der Waals surface area contributed by atoms with Gasteiger partial charge in [0, 0.05) is 67.4 Å². The highest BCUT2D eigenvalue weighted by atomic mass is 15.1. The van der Waals surface area contributed by atoms with Crippen LogP contribution in [0, 0.1) is 22.7 Å². The molecule has 69 heavy (non-hydrogen) atoms. The molecule has 2 aromatic heterocycles. The number of anilines is 6. The van der Waals surface area contributed by atoms with E-state index in [1.54, 1.807) is 0 Å². The number of benzene rings is 8. The normalized spacial score (nSPS) is 14.1. The van der Waals surface area contributed by atoms with Crippen molar-refractivity contribution in [3.8, 4) is 29.0 Å². The summed E-state index contributed by atoms with van der Waals surface area (Å²) in [6.07, 6.45) is 14.2. The Morgan fingerprint density at radius 1 is 0.493 bits per heavy atom. The summed E-state index contributed by atoms with van der Waals surface area (Å²) in [4.78, 5) is 4.56. The van der Waals surface area contributed by atoms with Crippen LogP contribution in [0.2, 0.25) is 0 Å². The van der Waals surface area contributed by atoms with Crippen molar-refractivity contribution in [2.45, 2.75) is 32.1 Å². The van der Waals surface area contributed by atoms with E-state index in [1.807, 2.05) is 48.5 Å². The Labute approximate surface area is 402 Å². The first-order valence-corrected chi connectivity index (χ1v) is 23.7. The van der Waals surface area contributed by atoms with Crippen molar-refractivity contribution in [3.05, 3.63) is 235 Å². The molecule has 0 fully saturated rings. The third kappa shape index (κ3) is 7.28. The second kappa shape index (κ2) is 17.3. The molecule has 0 saturated heterocycles. The molecule has 6 nitrogen and oxygen atoms in total. The van der Waals surface area contributed by atoms with Crippen LogP contribution in [0.4, 0.5) is 34.1 Å². The van der Waals surface area contributed by atoms with E-state index in [2.05, 4.69) is 208 Å². The first-order chi connectivity index (χ1) is 34.0. The molecule has 8 aromatic carbocycles. The third-order valence-corrected chi connectivity index (χ3v) is 13.8. The number of aromatic nitrogens is 2. The van der Waals surface area contributed by atoms with E-state index in [-0.39, 0.29) is 0 Å². The standard InChI is InChI=1S/C63H46N6/c1-43-11-10-18-62-63(43)58-40-55(36-38-61(58)69(62)49-14-6-3-7-15-49)67(51-29-21-45(42-65)22-30-51)53-33-25-47(26-34-53)46-23-31-52(32-24-46)66(50-27-19-44(41-64)20-28-50)54-35-37-60-57(39-54)56-16-8-9-17-59(56)68(60)48-12-4-2-5-13-48/h2-4,6-10,12,14-40,43H,5,11,13H2,1H3. The largest absolute Gasteiger partial charge is 0.313 e. The Morgan fingerprint density at radius 3 is 1.57 bits per heavy atom. The molecule has 0 spiro atoms. The molecule has 1 unspecified atom stereocenters. The fraction of sp³-hybridized carbons (Fsp3) is 0.0794. The van der Waals surface area contributed by atoms with Gasteiger partial charge in [-0.2, -0.15) is 10.5 Å². The van der Waals surface area contributed by atoms with Crippen molar-refractivity contribution in [2.24, 2.45) is 0 Å². The predicted octanol–water partition coefficient (Wildman–Crippen LogP) is 16.8. The molecule has 0 amide bonds. The number of nitriles is 2. The summed E-state index contributed by atoms with van der Waals surface area (Å²) in [5, 5.41) is 23.0. The summed E-state index contributed by atoms with van der Waals surface area (Å²) < 4.78 is 4.81. The van der Waals surface area contributed by atoms with Gasteiger partial charge in [-0.15, -0.1) is 0 Å². The zero-order chi connectivity index (χ0) is 46.4. The summed E-state index contributed by atoms with van der Waals surface area (Å²) in [6, 6.07) is 70.7. The Morgan fingerprint density at radius 2 is 1.00 bits per heavy atom. The number of allylic oxidation sites excluding steroid dienone is 5. The van der Waals surface area contributed by atoms with Gasteiger partial charge in [-0.25, -0.2) is 0 Å². The Kier molecular flexibility index (Phi) is 10.4. The minimum absolute atomic E-state index is 0.372. The Hall–Kier alpha value is -9.10. The summed E-state index contributed by atoms with van der Waals surface area (Å²) in [5.74, 6) is 0.372. The van der Waals surface area contributed by atoms with Gasteiger partial charge in [-0.3, -0.25) is 0 Å². The van der Waals surface area contributed by atoms with Crippen LogP contribution in [0.1, 0.15) is 54.5 Å². The molecule has 12 rings (SSSR count). The molecule has 2 aliphatic rings. The Bertz CT molecular complexity index is 3760. The minimum atomic E-state index is 0.372. The second-order valence-electron chi connectivity index (χ2n) is 18.0. The van der Waals surface area contributed by atoms with E-state index in [1.165, 1.54) is 49.7 Å². The molecule has 0 radical (unpaired) electrons. The monoisotopic (exact) mass is 886 g/mol. The molecule has 2 aliphatic carbocycles. The van der Waals surface area contributed by atoms with Gasteiger partial charge in [0.25, 0.3) is 0 Å². The third-order valence-electron chi connectivity index (χ3n) is 13.8. The highest BCUT2D eigenvalue weighted by Crippen LogP contribution is 2.45. The molecule has 10 aromatic rings. The van der Waals surface area contributed by atoms with Gasteiger partial charge in [0.2, 0.25) is 0 Å². The molecule has 1 atom stereocenters. The van der Waals surface area contributed by atoms with Gasteiger partial charge in [0.15, 0.2) is 0 Å². The van der Waals surface area contributed by atoms with Gasteiger partial charge in [0.1, 0.15) is 0 Å². The number of fused-ring (bicyclic) bond motifs is 6. The summed E-state index contributed by atoms with van der Waals surface area (Å²) >= 11 is 0. The number of hydrogen-bond acceptors (Lipinski definition) is 4. The molecular formula is C63H46N6. The highest BCUT2D eigenvalue weighted by molar-refractivity contribution is 6.11. The number of nitrogens with zero attached hydrogens (tertiary/aromatic N) is 6. The predicted molar refractivity (Wildman–Crippen MR) is 285 cm³/mol. The van der Waals surface area contributed by atoms with E-state index in [0.29, 0.717) is 17.0 Å². The quantitative estimate of drug-likeness (QED) is 0.145. The summed E-state index contributed by atoms with van der Waals surface area (Å²) in [5.41, 5.74) is 18.1. The highest BCUT2D eigenvalue weighted by Gasteiger charge is 2.25. The second-order valence-corrected chi connectivity index (χ2v) is 18.0. The zero-order valence-corrected chi connectivity index (χ0v) is 38.2. The molecule has 0 saturated carbocycles. The molecule has 0 bridgehead atoms. The summed E-state index contributed by atoms with van der Waals surface area (Å²) in [7, 11) is 0. The van der Waals surface area contributed by atoms with E-state index in [9.17, 15) is 10.5 Å². The van der Waals surface area contributed by atoms with Gasteiger partial charge < -0.3 is 18.9 Å². The molecule has 0 N–H and O–H groups in total. The maximum atomic E-state index is 9.70. The van der Waals surface area contributed by atoms with Gasteiger partial charge >= 0.3 is 0 Å². The van der Waals surface area contributed by atoms with E-state index < -0.39 is 0 Å². The first-order valence-electron chi connectivity index (χ1n) is 23.7. The first kappa shape index (κ1) is 41.3. The van der Waals surface area contributed by atoms with Gasteiger partial charge in [-0.05, 0) is 181 Å². The van der Waals surface area contributed by atoms with Crippen molar-refractivity contribution in [1.82, 2.24) is 9.13 Å². The zero-order valence-electron chi connectivity index (χ0n) is 38.2. The average molecular weight is 887 g/mol. The molecule has 0 aliphatic heterocycles. The van der Waals surface area contributed by atoms with E-state index in [0.717, 1.165) is 70.2 Å². The maximum absolute atomic E-state index is 9.70. The number of rotatable bonds is 9. The number of para-hydroxylation sites is 2. The molecule has 6 heteroatoms. The molecular weight excluding hydrogens is 841 g/mol. The molecule has 2 heterocycles. The van der Waals surface area contributed by atoms with Crippen molar-refractivity contribution in [3.63, 3.8) is 0 Å².